The van der Waals surface area contributed by atoms with E-state index >= 15 is 0 Å². The maximum atomic E-state index is 6.28. The summed E-state index contributed by atoms with van der Waals surface area (Å²) < 4.78 is 4.21. The second kappa shape index (κ2) is 7.50. The summed E-state index contributed by atoms with van der Waals surface area (Å²) in [6.45, 7) is 1.62. The van der Waals surface area contributed by atoms with Crippen molar-refractivity contribution in [2.75, 3.05) is 12.3 Å². The Labute approximate surface area is 165 Å². The summed E-state index contributed by atoms with van der Waals surface area (Å²) >= 11 is 3.58. The number of aryl methyl sites for hydroxylation is 1. The van der Waals surface area contributed by atoms with Gasteiger partial charge in [0, 0.05) is 43.9 Å². The first-order chi connectivity index (χ1) is 13.1. The van der Waals surface area contributed by atoms with Crippen LogP contribution in [0.2, 0.25) is 0 Å². The molecule has 1 aromatic carbocycles. The summed E-state index contributed by atoms with van der Waals surface area (Å²) in [5.41, 5.74) is 11.1. The molecular formula is C19H20BrN7. The fraction of sp³-hybridized carbons (Fsp3) is 0.211. The predicted octanol–water partition coefficient (Wildman–Crippen LogP) is 2.81. The highest BCUT2D eigenvalue weighted by Crippen LogP contribution is 2.29. The highest BCUT2D eigenvalue weighted by molar-refractivity contribution is 9.10. The molecule has 3 heterocycles. The Hall–Kier alpha value is -2.71. The van der Waals surface area contributed by atoms with Crippen molar-refractivity contribution in [2.45, 2.75) is 13.0 Å². The molecule has 0 bridgehead atoms. The van der Waals surface area contributed by atoms with Gasteiger partial charge in [0.05, 0.1) is 22.6 Å². The van der Waals surface area contributed by atoms with Gasteiger partial charge in [-0.2, -0.15) is 14.7 Å². The van der Waals surface area contributed by atoms with Crippen LogP contribution in [-0.2, 0) is 20.0 Å². The number of hydrogen-bond acceptors (Lipinski definition) is 5. The second-order valence-corrected chi connectivity index (χ2v) is 7.16. The molecule has 0 aliphatic carbocycles. The zero-order valence-corrected chi connectivity index (χ0v) is 16.5. The number of anilines is 1. The molecule has 0 atom stereocenters. The van der Waals surface area contributed by atoms with E-state index in [4.69, 9.17) is 10.7 Å². The number of benzene rings is 1. The summed E-state index contributed by atoms with van der Waals surface area (Å²) in [4.78, 5) is 4.82. The van der Waals surface area contributed by atoms with Gasteiger partial charge in [-0.25, -0.2) is 4.98 Å². The number of halogens is 1. The molecule has 0 radical (unpaired) electrons. The van der Waals surface area contributed by atoms with E-state index in [0.717, 1.165) is 46.5 Å². The molecule has 138 valence electrons. The fourth-order valence-electron chi connectivity index (χ4n) is 3.01. The molecule has 4 rings (SSSR count). The monoisotopic (exact) mass is 425 g/mol. The minimum atomic E-state index is 0.549. The maximum Gasteiger partial charge on any atom is 0.165 e. The van der Waals surface area contributed by atoms with Gasteiger partial charge < -0.3 is 11.1 Å². The average Bonchev–Trinajstić information content (AvgIpc) is 3.29. The number of rotatable bonds is 6. The minimum absolute atomic E-state index is 0.549. The van der Waals surface area contributed by atoms with Gasteiger partial charge in [-0.3, -0.25) is 4.68 Å². The quantitative estimate of drug-likeness (QED) is 0.463. The lowest BCUT2D eigenvalue weighted by molar-refractivity contribution is 0.678. The van der Waals surface area contributed by atoms with Crippen molar-refractivity contribution < 1.29 is 0 Å². The van der Waals surface area contributed by atoms with Crippen LogP contribution < -0.4 is 11.1 Å². The Morgan fingerprint density at radius 3 is 2.70 bits per heavy atom. The van der Waals surface area contributed by atoms with Crippen LogP contribution in [0, 0.1) is 0 Å². The van der Waals surface area contributed by atoms with E-state index in [1.807, 2.05) is 31.4 Å². The summed E-state index contributed by atoms with van der Waals surface area (Å²) in [6, 6.07) is 10.3. The molecular weight excluding hydrogens is 406 g/mol. The Kier molecular flexibility index (Phi) is 4.91. The van der Waals surface area contributed by atoms with Crippen molar-refractivity contribution in [3.8, 4) is 11.1 Å². The van der Waals surface area contributed by atoms with Gasteiger partial charge in [-0.15, -0.1) is 0 Å². The number of nitrogens with zero attached hydrogens (tertiary/aromatic N) is 5. The average molecular weight is 426 g/mol. The van der Waals surface area contributed by atoms with E-state index in [1.165, 1.54) is 5.56 Å². The van der Waals surface area contributed by atoms with Gasteiger partial charge in [0.2, 0.25) is 0 Å². The number of fused-ring (bicyclic) bond motifs is 1. The smallest absolute Gasteiger partial charge is 0.165 e. The third-order valence-electron chi connectivity index (χ3n) is 4.42. The van der Waals surface area contributed by atoms with E-state index in [-0.39, 0.29) is 0 Å². The molecule has 3 N–H and O–H groups in total. The zero-order chi connectivity index (χ0) is 18.8. The lowest BCUT2D eigenvalue weighted by Gasteiger charge is -2.10. The SMILES string of the molecule is Cn1cc(-c2cnn3c(N)c(Br)c(CCNCc4ccccc4)nc23)cn1. The Balaban J connectivity index is 1.56. The Morgan fingerprint density at radius 2 is 1.96 bits per heavy atom. The number of nitrogen functional groups attached to an aromatic ring is 1. The molecule has 4 aromatic rings. The van der Waals surface area contributed by atoms with Crippen LogP contribution in [0.5, 0.6) is 0 Å². The van der Waals surface area contributed by atoms with Crippen molar-refractivity contribution in [3.63, 3.8) is 0 Å². The molecule has 0 amide bonds. The van der Waals surface area contributed by atoms with Crippen molar-refractivity contribution in [1.82, 2.24) is 29.7 Å². The van der Waals surface area contributed by atoms with Crippen LogP contribution in [-0.4, -0.2) is 30.9 Å². The molecule has 0 saturated heterocycles. The van der Waals surface area contributed by atoms with Gasteiger partial charge in [0.1, 0.15) is 5.82 Å². The fourth-order valence-corrected chi connectivity index (χ4v) is 3.46. The van der Waals surface area contributed by atoms with E-state index in [1.54, 1.807) is 21.6 Å². The maximum absolute atomic E-state index is 6.28. The molecule has 0 aliphatic heterocycles. The topological polar surface area (TPSA) is 86.1 Å². The van der Waals surface area contributed by atoms with Crippen LogP contribution >= 0.6 is 15.9 Å². The van der Waals surface area contributed by atoms with Crippen molar-refractivity contribution in [3.05, 3.63) is 64.7 Å². The summed E-state index contributed by atoms with van der Waals surface area (Å²) in [5, 5.41) is 12.1. The second-order valence-electron chi connectivity index (χ2n) is 6.37. The number of hydrogen-bond donors (Lipinski definition) is 2. The van der Waals surface area contributed by atoms with Crippen LogP contribution in [0.4, 0.5) is 5.82 Å². The predicted molar refractivity (Wildman–Crippen MR) is 109 cm³/mol. The van der Waals surface area contributed by atoms with Crippen molar-refractivity contribution >= 4 is 27.4 Å². The summed E-state index contributed by atoms with van der Waals surface area (Å²) in [5.74, 6) is 0.549. The van der Waals surface area contributed by atoms with Gasteiger partial charge in [0.25, 0.3) is 0 Å². The normalized spacial score (nSPS) is 11.3. The summed E-state index contributed by atoms with van der Waals surface area (Å²) in [6.07, 6.45) is 6.28. The highest BCUT2D eigenvalue weighted by Gasteiger charge is 2.16. The first-order valence-electron chi connectivity index (χ1n) is 8.68. The molecule has 0 aliphatic rings. The lowest BCUT2D eigenvalue weighted by Crippen LogP contribution is -2.18. The van der Waals surface area contributed by atoms with Gasteiger partial charge in [0.15, 0.2) is 5.65 Å². The van der Waals surface area contributed by atoms with Crippen molar-refractivity contribution in [2.24, 2.45) is 7.05 Å². The van der Waals surface area contributed by atoms with Gasteiger partial charge in [-0.05, 0) is 21.5 Å². The molecule has 27 heavy (non-hydrogen) atoms. The number of nitrogens with one attached hydrogen (secondary N) is 1. The van der Waals surface area contributed by atoms with E-state index in [9.17, 15) is 0 Å². The van der Waals surface area contributed by atoms with E-state index in [2.05, 4.69) is 43.6 Å². The molecule has 0 fully saturated rings. The Morgan fingerprint density at radius 1 is 1.15 bits per heavy atom. The van der Waals surface area contributed by atoms with Crippen LogP contribution in [0.3, 0.4) is 0 Å². The van der Waals surface area contributed by atoms with Gasteiger partial charge >= 0.3 is 0 Å². The third kappa shape index (κ3) is 3.58. The third-order valence-corrected chi connectivity index (χ3v) is 5.28. The minimum Gasteiger partial charge on any atom is -0.383 e. The van der Waals surface area contributed by atoms with Gasteiger partial charge in [-0.1, -0.05) is 30.3 Å². The molecule has 3 aromatic heterocycles. The molecule has 0 unspecified atom stereocenters. The zero-order valence-electron chi connectivity index (χ0n) is 14.9. The molecule has 7 nitrogen and oxygen atoms in total. The first kappa shape index (κ1) is 17.7. The Bertz CT molecular complexity index is 1070. The van der Waals surface area contributed by atoms with Crippen LogP contribution in [0.15, 0.2) is 53.4 Å². The molecule has 0 spiro atoms. The van der Waals surface area contributed by atoms with Crippen LogP contribution in [0.1, 0.15) is 11.3 Å². The number of aromatic nitrogens is 5. The van der Waals surface area contributed by atoms with Crippen molar-refractivity contribution in [1.29, 1.82) is 0 Å². The number of nitrogens with two attached hydrogens (primary N) is 1. The standard InChI is InChI=1S/C19H20BrN7/c1-26-12-14(10-23-26)15-11-24-27-18(21)17(20)16(25-19(15)27)7-8-22-9-13-5-3-2-4-6-13/h2-6,10-12,22H,7-9,21H2,1H3. The first-order valence-corrected chi connectivity index (χ1v) is 9.48. The molecule has 0 saturated carbocycles. The lowest BCUT2D eigenvalue weighted by atomic mass is 10.2. The van der Waals surface area contributed by atoms with E-state index < -0.39 is 0 Å². The highest BCUT2D eigenvalue weighted by atomic mass is 79.9. The van der Waals surface area contributed by atoms with Crippen LogP contribution in [0.25, 0.3) is 16.8 Å². The molecule has 8 heteroatoms. The summed E-state index contributed by atoms with van der Waals surface area (Å²) in [7, 11) is 1.89. The van der Waals surface area contributed by atoms with E-state index in [0.29, 0.717) is 5.82 Å². The largest absolute Gasteiger partial charge is 0.383 e.